The first-order valence-corrected chi connectivity index (χ1v) is 12.9. The summed E-state index contributed by atoms with van der Waals surface area (Å²) in [6.45, 7) is 8.44. The number of rotatable bonds is 8. The van der Waals surface area contributed by atoms with Gasteiger partial charge in [-0.3, -0.25) is 9.48 Å². The van der Waals surface area contributed by atoms with E-state index in [0.29, 0.717) is 5.92 Å². The summed E-state index contributed by atoms with van der Waals surface area (Å²) >= 11 is 0. The first-order valence-electron chi connectivity index (χ1n) is 11.1. The largest absolute Gasteiger partial charge is 0.298 e. The van der Waals surface area contributed by atoms with Crippen LogP contribution in [0.2, 0.25) is 0 Å². The van der Waals surface area contributed by atoms with Crippen LogP contribution in [0, 0.1) is 17.6 Å². The molecule has 4 rings (SSSR count). The van der Waals surface area contributed by atoms with Gasteiger partial charge in [-0.25, -0.2) is 8.99 Å². The summed E-state index contributed by atoms with van der Waals surface area (Å²) in [5, 5.41) is 4.50. The Balaban J connectivity index is 1.60. The van der Waals surface area contributed by atoms with Gasteiger partial charge in [-0.05, 0) is 98.6 Å². The normalized spacial score (nSPS) is 19.0. The van der Waals surface area contributed by atoms with Gasteiger partial charge in [0.15, 0.2) is 10.8 Å². The Morgan fingerprint density at radius 3 is 2.60 bits per heavy atom. The second-order valence-corrected chi connectivity index (χ2v) is 11.5. The Hall–Kier alpha value is -1.95. The minimum absolute atomic E-state index is 0.115. The summed E-state index contributed by atoms with van der Waals surface area (Å²) < 4.78 is 23.1. The van der Waals surface area contributed by atoms with Crippen molar-refractivity contribution in [3.8, 4) is 0 Å². The van der Waals surface area contributed by atoms with Crippen LogP contribution in [0.5, 0.6) is 0 Å². The molecular formula is C24H33N3O2S. The van der Waals surface area contributed by atoms with Crippen LogP contribution < -0.4 is 0 Å². The molecule has 2 aromatic rings. The van der Waals surface area contributed by atoms with Crippen LogP contribution >= 0.6 is 0 Å². The molecule has 2 atom stereocenters. The van der Waals surface area contributed by atoms with Crippen molar-refractivity contribution in [3.63, 3.8) is 0 Å². The smallest absolute Gasteiger partial charge is 0.158 e. The van der Waals surface area contributed by atoms with E-state index in [1.165, 1.54) is 40.7 Å². The topological polar surface area (TPSA) is 75.8 Å². The van der Waals surface area contributed by atoms with Crippen molar-refractivity contribution < 1.29 is 9.00 Å². The van der Waals surface area contributed by atoms with Gasteiger partial charge < -0.3 is 0 Å². The third kappa shape index (κ3) is 4.11. The maximum Gasteiger partial charge on any atom is 0.158 e. The Morgan fingerprint density at radius 1 is 1.27 bits per heavy atom. The minimum Gasteiger partial charge on any atom is -0.298 e. The third-order valence-corrected chi connectivity index (χ3v) is 8.41. The molecule has 1 heterocycles. The molecule has 162 valence electrons. The second-order valence-electron chi connectivity index (χ2n) is 9.46. The highest BCUT2D eigenvalue weighted by Crippen LogP contribution is 2.45. The molecule has 6 heteroatoms. The van der Waals surface area contributed by atoms with Crippen LogP contribution in [0.15, 0.2) is 23.4 Å². The van der Waals surface area contributed by atoms with Crippen molar-refractivity contribution in [3.05, 3.63) is 46.1 Å². The number of aromatic nitrogens is 2. The van der Waals surface area contributed by atoms with E-state index < -0.39 is 9.73 Å². The molecule has 0 radical (unpaired) electrons. The molecule has 0 spiro atoms. The average molecular weight is 428 g/mol. The van der Waals surface area contributed by atoms with E-state index in [0.717, 1.165) is 25.2 Å². The van der Waals surface area contributed by atoms with E-state index >= 15 is 0 Å². The van der Waals surface area contributed by atoms with Gasteiger partial charge in [0, 0.05) is 18.7 Å². The maximum absolute atomic E-state index is 13.1. The first-order chi connectivity index (χ1) is 14.2. The summed E-state index contributed by atoms with van der Waals surface area (Å²) in [6.07, 6.45) is 7.81. The number of nitrogens with one attached hydrogen (secondary N) is 1. The molecule has 0 bridgehead atoms. The van der Waals surface area contributed by atoms with Gasteiger partial charge in [0.1, 0.15) is 0 Å². The second kappa shape index (κ2) is 7.95. The van der Waals surface area contributed by atoms with E-state index in [-0.39, 0.29) is 29.0 Å². The lowest BCUT2D eigenvalue weighted by Gasteiger charge is -2.21. The fourth-order valence-electron chi connectivity index (χ4n) is 4.89. The van der Waals surface area contributed by atoms with Crippen LogP contribution in [0.4, 0.5) is 0 Å². The highest BCUT2D eigenvalue weighted by atomic mass is 32.2. The van der Waals surface area contributed by atoms with Crippen molar-refractivity contribution in [2.24, 2.45) is 5.92 Å². The number of fused-ring (bicyclic) bond motifs is 1. The average Bonchev–Trinajstić information content (AvgIpc) is 3.18. The van der Waals surface area contributed by atoms with Crippen molar-refractivity contribution >= 4 is 15.5 Å². The summed E-state index contributed by atoms with van der Waals surface area (Å²) in [6, 6.07) is 4.05. The molecule has 1 saturated carbocycles. The van der Waals surface area contributed by atoms with E-state index in [2.05, 4.69) is 25.0 Å². The molecular weight excluding hydrogens is 394 g/mol. The zero-order chi connectivity index (χ0) is 21.6. The molecule has 0 saturated heterocycles. The van der Waals surface area contributed by atoms with E-state index in [1.54, 1.807) is 16.9 Å². The quantitative estimate of drug-likeness (QED) is 0.645. The molecule has 30 heavy (non-hydrogen) atoms. The predicted molar refractivity (Wildman–Crippen MR) is 120 cm³/mol. The lowest BCUT2D eigenvalue weighted by atomic mass is 9.84. The van der Waals surface area contributed by atoms with Gasteiger partial charge in [0.2, 0.25) is 0 Å². The van der Waals surface area contributed by atoms with E-state index in [9.17, 15) is 9.00 Å². The molecule has 0 amide bonds. The van der Waals surface area contributed by atoms with Crippen LogP contribution in [-0.2, 0) is 33.8 Å². The number of Topliss-reactive ketones (excluding diaryl/α,β-unsaturated/α-hetero) is 1. The molecule has 1 aromatic carbocycles. The van der Waals surface area contributed by atoms with Crippen molar-refractivity contribution in [2.45, 2.75) is 83.2 Å². The molecule has 2 unspecified atom stereocenters. The summed E-state index contributed by atoms with van der Waals surface area (Å²) in [5.74, 6) is 0.802. The molecule has 5 nitrogen and oxygen atoms in total. The number of carbonyl (C=O) groups is 1. The van der Waals surface area contributed by atoms with Gasteiger partial charge in [-0.15, -0.1) is 0 Å². The Labute approximate surface area is 180 Å². The number of carbonyl (C=O) groups excluding carboxylic acids is 1. The lowest BCUT2D eigenvalue weighted by molar-refractivity contribution is -0.116. The zero-order valence-corrected chi connectivity index (χ0v) is 19.3. The third-order valence-electron chi connectivity index (χ3n) is 6.79. The number of aryl methyl sites for hydroxylation is 1. The molecule has 0 aliphatic heterocycles. The predicted octanol–water partition coefficient (Wildman–Crippen LogP) is 4.99. The number of ketones is 1. The summed E-state index contributed by atoms with van der Waals surface area (Å²) in [7, 11) is -3.23. The van der Waals surface area contributed by atoms with E-state index in [4.69, 9.17) is 4.78 Å². The SMILES string of the molecule is Cc1cc(C(C)C2CC2)c(CC(=O)CS(=N)(=O)c2ccn(C(C)C)n2)c2c1CCC2. The van der Waals surface area contributed by atoms with Gasteiger partial charge in [-0.2, -0.15) is 5.10 Å². The van der Waals surface area contributed by atoms with Crippen LogP contribution in [0.3, 0.4) is 0 Å². The van der Waals surface area contributed by atoms with Gasteiger partial charge >= 0.3 is 0 Å². The van der Waals surface area contributed by atoms with Crippen molar-refractivity contribution in [1.29, 1.82) is 4.78 Å². The fraction of sp³-hybridized carbons (Fsp3) is 0.583. The zero-order valence-electron chi connectivity index (χ0n) is 18.5. The van der Waals surface area contributed by atoms with Crippen molar-refractivity contribution in [2.75, 3.05) is 5.75 Å². The highest BCUT2D eigenvalue weighted by molar-refractivity contribution is 7.93. The number of hydrogen-bond acceptors (Lipinski definition) is 4. The van der Waals surface area contributed by atoms with Crippen LogP contribution in [-0.4, -0.2) is 25.5 Å². The Kier molecular flexibility index (Phi) is 5.64. The highest BCUT2D eigenvalue weighted by Gasteiger charge is 2.33. The van der Waals surface area contributed by atoms with Gasteiger partial charge in [0.05, 0.1) is 15.5 Å². The Bertz CT molecular complexity index is 1080. The van der Waals surface area contributed by atoms with Crippen LogP contribution in [0.25, 0.3) is 0 Å². The Morgan fingerprint density at radius 2 is 1.97 bits per heavy atom. The lowest BCUT2D eigenvalue weighted by Crippen LogP contribution is -2.20. The van der Waals surface area contributed by atoms with E-state index in [1.807, 2.05) is 13.8 Å². The molecule has 1 N–H and O–H groups in total. The van der Waals surface area contributed by atoms with Crippen LogP contribution in [0.1, 0.15) is 79.8 Å². The first kappa shape index (κ1) is 21.3. The maximum atomic E-state index is 13.1. The molecule has 2 aliphatic rings. The van der Waals surface area contributed by atoms with Gasteiger partial charge in [-0.1, -0.05) is 13.0 Å². The number of hydrogen-bond donors (Lipinski definition) is 1. The summed E-state index contributed by atoms with van der Waals surface area (Å²) in [5.41, 5.74) is 6.59. The van der Waals surface area contributed by atoms with Crippen molar-refractivity contribution in [1.82, 2.24) is 9.78 Å². The number of benzene rings is 1. The van der Waals surface area contributed by atoms with Gasteiger partial charge in [0.25, 0.3) is 0 Å². The number of nitrogens with zero attached hydrogens (tertiary/aromatic N) is 2. The molecule has 1 fully saturated rings. The monoisotopic (exact) mass is 427 g/mol. The minimum atomic E-state index is -3.23. The molecule has 1 aromatic heterocycles. The fourth-order valence-corrected chi connectivity index (χ4v) is 6.10. The molecule has 2 aliphatic carbocycles. The standard InChI is InChI=1S/C24H33N3O2S/c1-15(2)27-11-10-24(26-27)30(25,29)14-19(28)13-23-21-7-5-6-20(21)16(3)12-22(23)17(4)18-8-9-18/h10-12,15,17-18,25H,5-9,13-14H2,1-4H3. The summed E-state index contributed by atoms with van der Waals surface area (Å²) in [4.78, 5) is 13.1.